The zero-order chi connectivity index (χ0) is 24.4. The Kier molecular flexibility index (Phi) is 7.22. The lowest BCUT2D eigenvalue weighted by molar-refractivity contribution is 0.0668. The summed E-state index contributed by atoms with van der Waals surface area (Å²) in [5.74, 6) is 2.18. The molecule has 2 unspecified atom stereocenters. The largest absolute Gasteiger partial charge is 0.465 e. The van der Waals surface area contributed by atoms with Gasteiger partial charge in [0.15, 0.2) is 0 Å². The summed E-state index contributed by atoms with van der Waals surface area (Å²) in [5, 5.41) is 0. The van der Waals surface area contributed by atoms with Crippen LogP contribution in [0.15, 0.2) is 59.0 Å². The molecule has 1 aromatic heterocycles. The van der Waals surface area contributed by atoms with Gasteiger partial charge in [0.2, 0.25) is 0 Å². The highest BCUT2D eigenvalue weighted by Crippen LogP contribution is 2.36. The summed E-state index contributed by atoms with van der Waals surface area (Å²) in [6.07, 6.45) is 0. The summed E-state index contributed by atoms with van der Waals surface area (Å²) < 4.78 is 19.4. The number of furan rings is 1. The Labute approximate surface area is 202 Å². The van der Waals surface area contributed by atoms with Crippen LogP contribution in [0.25, 0.3) is 0 Å². The molecule has 1 fully saturated rings. The van der Waals surface area contributed by atoms with E-state index in [1.54, 1.807) is 12.1 Å². The molecular weight excluding hydrogens is 427 g/mol. The third kappa shape index (κ3) is 5.25. The van der Waals surface area contributed by atoms with Gasteiger partial charge in [-0.3, -0.25) is 9.69 Å². The smallest absolute Gasteiger partial charge is 0.254 e. The van der Waals surface area contributed by atoms with E-state index >= 15 is 0 Å². The van der Waals surface area contributed by atoms with Gasteiger partial charge in [-0.15, -0.1) is 0 Å². The van der Waals surface area contributed by atoms with Gasteiger partial charge < -0.3 is 9.32 Å². The highest BCUT2D eigenvalue weighted by atomic mass is 19.1. The van der Waals surface area contributed by atoms with Crippen molar-refractivity contribution in [2.24, 2.45) is 5.92 Å². The highest BCUT2D eigenvalue weighted by Gasteiger charge is 2.37. The van der Waals surface area contributed by atoms with E-state index in [9.17, 15) is 9.18 Å². The minimum Gasteiger partial charge on any atom is -0.465 e. The maximum atomic E-state index is 13.4. The summed E-state index contributed by atoms with van der Waals surface area (Å²) in [4.78, 5) is 17.8. The maximum Gasteiger partial charge on any atom is 0.254 e. The molecule has 1 aliphatic rings. The number of carbonyl (C=O) groups excluding carboxylic acids is 1. The average Bonchev–Trinajstić information content (AvgIpc) is 3.33. The van der Waals surface area contributed by atoms with Crippen molar-refractivity contribution < 1.29 is 13.6 Å². The SMILES string of the molecule is Cc1ccccc1C1CN(Cc2cc(C)c(C)o2)CC1CN(C(=O)c1ccc(F)cc1)C(C)C. The molecule has 3 aromatic rings. The van der Waals surface area contributed by atoms with Gasteiger partial charge in [0, 0.05) is 37.2 Å². The fraction of sp³-hybridized carbons (Fsp3) is 0.414. The second-order valence-electron chi connectivity index (χ2n) is 9.93. The van der Waals surface area contributed by atoms with Crippen molar-refractivity contribution in [1.29, 1.82) is 0 Å². The molecule has 1 saturated heterocycles. The molecule has 0 aliphatic carbocycles. The molecule has 0 spiro atoms. The molecule has 34 heavy (non-hydrogen) atoms. The minimum atomic E-state index is -0.331. The van der Waals surface area contributed by atoms with Crippen molar-refractivity contribution in [3.05, 3.63) is 94.2 Å². The molecule has 2 aromatic carbocycles. The number of carbonyl (C=O) groups is 1. The van der Waals surface area contributed by atoms with Crippen LogP contribution in [0.1, 0.15) is 58.3 Å². The van der Waals surface area contributed by atoms with Gasteiger partial charge in [0.25, 0.3) is 5.91 Å². The van der Waals surface area contributed by atoms with E-state index in [-0.39, 0.29) is 23.7 Å². The normalized spacial score (nSPS) is 18.6. The van der Waals surface area contributed by atoms with Crippen molar-refractivity contribution in [2.75, 3.05) is 19.6 Å². The number of hydrogen-bond donors (Lipinski definition) is 0. The second kappa shape index (κ2) is 10.1. The number of halogens is 1. The Morgan fingerprint density at radius 3 is 2.38 bits per heavy atom. The van der Waals surface area contributed by atoms with Crippen LogP contribution in [0.3, 0.4) is 0 Å². The predicted molar refractivity (Wildman–Crippen MR) is 133 cm³/mol. The minimum absolute atomic E-state index is 0.0412. The quantitative estimate of drug-likeness (QED) is 0.425. The van der Waals surface area contributed by atoms with Crippen molar-refractivity contribution in [1.82, 2.24) is 9.80 Å². The Hall–Kier alpha value is -2.92. The van der Waals surface area contributed by atoms with E-state index in [2.05, 4.69) is 49.1 Å². The van der Waals surface area contributed by atoms with Crippen molar-refractivity contribution >= 4 is 5.91 Å². The van der Waals surface area contributed by atoms with E-state index in [1.807, 2.05) is 25.7 Å². The molecule has 4 rings (SSSR count). The lowest BCUT2D eigenvalue weighted by Crippen LogP contribution is -2.42. The molecule has 1 aliphatic heterocycles. The molecule has 2 heterocycles. The summed E-state index contributed by atoms with van der Waals surface area (Å²) in [5.41, 5.74) is 4.33. The molecular formula is C29H35FN2O2. The fourth-order valence-electron chi connectivity index (χ4n) is 5.12. The zero-order valence-electron chi connectivity index (χ0n) is 20.8. The van der Waals surface area contributed by atoms with Gasteiger partial charge in [0.05, 0.1) is 6.54 Å². The van der Waals surface area contributed by atoms with Gasteiger partial charge in [-0.2, -0.15) is 0 Å². The molecule has 1 amide bonds. The van der Waals surface area contributed by atoms with E-state index < -0.39 is 0 Å². The van der Waals surface area contributed by atoms with Crippen LogP contribution in [0.5, 0.6) is 0 Å². The number of benzene rings is 2. The average molecular weight is 463 g/mol. The first-order chi connectivity index (χ1) is 16.2. The van der Waals surface area contributed by atoms with E-state index in [1.165, 1.54) is 28.8 Å². The first-order valence-corrected chi connectivity index (χ1v) is 12.1. The van der Waals surface area contributed by atoms with Crippen LogP contribution in [-0.2, 0) is 6.54 Å². The Bertz CT molecular complexity index is 1120. The zero-order valence-corrected chi connectivity index (χ0v) is 20.8. The summed E-state index contributed by atoms with van der Waals surface area (Å²) in [6.45, 7) is 13.6. The van der Waals surface area contributed by atoms with Crippen LogP contribution in [-0.4, -0.2) is 41.4 Å². The van der Waals surface area contributed by atoms with Crippen LogP contribution >= 0.6 is 0 Å². The number of likely N-dealkylation sites (tertiary alicyclic amines) is 1. The third-order valence-corrected chi connectivity index (χ3v) is 7.11. The Balaban J connectivity index is 1.59. The molecule has 180 valence electrons. The summed E-state index contributed by atoms with van der Waals surface area (Å²) in [7, 11) is 0. The van der Waals surface area contributed by atoms with E-state index in [4.69, 9.17) is 4.42 Å². The highest BCUT2D eigenvalue weighted by molar-refractivity contribution is 5.94. The fourth-order valence-corrected chi connectivity index (χ4v) is 5.12. The van der Waals surface area contributed by atoms with Crippen molar-refractivity contribution in [2.45, 2.75) is 53.1 Å². The standard InChI is InChI=1S/C29H35FN2O2/c1-19(2)32(29(33)23-10-12-25(30)13-11-23)16-24-15-31(17-26-14-21(4)22(5)34-26)18-28(24)27-9-7-6-8-20(27)3/h6-14,19,24,28H,15-18H2,1-5H3. The van der Waals surface area contributed by atoms with Gasteiger partial charge in [0.1, 0.15) is 17.3 Å². The van der Waals surface area contributed by atoms with E-state index in [0.29, 0.717) is 18.0 Å². The Morgan fingerprint density at radius 2 is 1.76 bits per heavy atom. The van der Waals surface area contributed by atoms with Gasteiger partial charge in [-0.25, -0.2) is 4.39 Å². The number of aryl methyl sites for hydroxylation is 3. The molecule has 0 radical (unpaired) electrons. The lowest BCUT2D eigenvalue weighted by Gasteiger charge is -2.32. The number of amides is 1. The molecule has 0 N–H and O–H groups in total. The van der Waals surface area contributed by atoms with Gasteiger partial charge >= 0.3 is 0 Å². The summed E-state index contributed by atoms with van der Waals surface area (Å²) in [6, 6.07) is 16.6. The number of hydrogen-bond acceptors (Lipinski definition) is 3. The molecule has 2 atom stereocenters. The maximum absolute atomic E-state index is 13.4. The summed E-state index contributed by atoms with van der Waals surface area (Å²) >= 11 is 0. The lowest BCUT2D eigenvalue weighted by atomic mass is 9.86. The molecule has 5 heteroatoms. The second-order valence-corrected chi connectivity index (χ2v) is 9.93. The molecule has 0 saturated carbocycles. The van der Waals surface area contributed by atoms with Crippen LogP contribution in [0, 0.1) is 32.5 Å². The number of nitrogens with zero attached hydrogens (tertiary/aromatic N) is 2. The predicted octanol–water partition coefficient (Wildman–Crippen LogP) is 6.11. The molecule has 0 bridgehead atoms. The Morgan fingerprint density at radius 1 is 1.06 bits per heavy atom. The van der Waals surface area contributed by atoms with Crippen LogP contribution in [0.2, 0.25) is 0 Å². The topological polar surface area (TPSA) is 36.7 Å². The van der Waals surface area contributed by atoms with Crippen molar-refractivity contribution in [3.63, 3.8) is 0 Å². The molecule has 4 nitrogen and oxygen atoms in total. The third-order valence-electron chi connectivity index (χ3n) is 7.11. The van der Waals surface area contributed by atoms with Crippen LogP contribution in [0.4, 0.5) is 4.39 Å². The van der Waals surface area contributed by atoms with Crippen molar-refractivity contribution in [3.8, 4) is 0 Å². The first kappa shape index (κ1) is 24.2. The first-order valence-electron chi connectivity index (χ1n) is 12.1. The van der Waals surface area contributed by atoms with Gasteiger partial charge in [-0.05, 0) is 87.6 Å². The van der Waals surface area contributed by atoms with E-state index in [0.717, 1.165) is 31.2 Å². The van der Waals surface area contributed by atoms with Gasteiger partial charge in [-0.1, -0.05) is 24.3 Å². The number of rotatable bonds is 7. The monoisotopic (exact) mass is 462 g/mol. The van der Waals surface area contributed by atoms with Crippen LogP contribution < -0.4 is 0 Å².